The molecule has 3 heterocycles. The van der Waals surface area contributed by atoms with Crippen molar-refractivity contribution in [3.05, 3.63) is 48.6 Å². The SMILES string of the molecule is C=CCN1C(=O)C2C(NC3N(Cc4ccccc4)CCCN23)N(C)C1=O. The quantitative estimate of drug-likeness (QED) is 0.812. The van der Waals surface area contributed by atoms with Gasteiger partial charge in [-0.2, -0.15) is 0 Å². The fourth-order valence-electron chi connectivity index (χ4n) is 4.27. The van der Waals surface area contributed by atoms with Crippen LogP contribution in [0.5, 0.6) is 0 Å². The molecule has 0 radical (unpaired) electrons. The van der Waals surface area contributed by atoms with Gasteiger partial charge in [0.25, 0.3) is 5.91 Å². The van der Waals surface area contributed by atoms with Gasteiger partial charge in [-0.15, -0.1) is 6.58 Å². The number of rotatable bonds is 4. The van der Waals surface area contributed by atoms with Crippen molar-refractivity contribution in [2.24, 2.45) is 0 Å². The summed E-state index contributed by atoms with van der Waals surface area (Å²) in [6, 6.07) is 9.73. The van der Waals surface area contributed by atoms with E-state index in [4.69, 9.17) is 0 Å². The Hall–Kier alpha value is -2.22. The number of carbonyl (C=O) groups is 2. The lowest BCUT2D eigenvalue weighted by Crippen LogP contribution is -2.66. The summed E-state index contributed by atoms with van der Waals surface area (Å²) in [5, 5.41) is 3.52. The summed E-state index contributed by atoms with van der Waals surface area (Å²) in [6.45, 7) is 6.55. The van der Waals surface area contributed by atoms with Crippen molar-refractivity contribution < 1.29 is 9.59 Å². The second kappa shape index (κ2) is 6.83. The average Bonchev–Trinajstić information content (AvgIpc) is 3.05. The van der Waals surface area contributed by atoms with E-state index >= 15 is 0 Å². The Morgan fingerprint density at radius 3 is 2.73 bits per heavy atom. The molecule has 3 unspecified atom stereocenters. The van der Waals surface area contributed by atoms with Gasteiger partial charge in [-0.3, -0.25) is 24.8 Å². The molecule has 4 rings (SSSR count). The normalized spacial score (nSPS) is 29.7. The van der Waals surface area contributed by atoms with Gasteiger partial charge < -0.3 is 4.90 Å². The fourth-order valence-corrected chi connectivity index (χ4v) is 4.27. The van der Waals surface area contributed by atoms with Crippen LogP contribution in [-0.2, 0) is 11.3 Å². The number of fused-ring (bicyclic) bond motifs is 3. The highest BCUT2D eigenvalue weighted by molar-refractivity contribution is 6.00. The van der Waals surface area contributed by atoms with Gasteiger partial charge in [0.1, 0.15) is 18.5 Å². The molecule has 1 aromatic rings. The Labute approximate surface area is 153 Å². The molecule has 7 heteroatoms. The third-order valence-corrected chi connectivity index (χ3v) is 5.51. The maximum absolute atomic E-state index is 13.0. The van der Waals surface area contributed by atoms with Crippen LogP contribution in [0.4, 0.5) is 4.79 Å². The lowest BCUT2D eigenvalue weighted by Gasteiger charge is -2.43. The number of imide groups is 1. The number of hydrogen-bond donors (Lipinski definition) is 1. The predicted molar refractivity (Wildman–Crippen MR) is 97.7 cm³/mol. The lowest BCUT2D eigenvalue weighted by atomic mass is 10.1. The molecule has 0 bridgehead atoms. The first-order chi connectivity index (χ1) is 12.6. The molecular weight excluding hydrogens is 330 g/mol. The van der Waals surface area contributed by atoms with E-state index in [-0.39, 0.29) is 37.0 Å². The molecule has 3 saturated heterocycles. The fraction of sp³-hybridized carbons (Fsp3) is 0.474. The minimum Gasteiger partial charge on any atom is -0.310 e. The highest BCUT2D eigenvalue weighted by atomic mass is 16.2. The van der Waals surface area contributed by atoms with Crippen molar-refractivity contribution >= 4 is 11.9 Å². The number of nitrogens with zero attached hydrogens (tertiary/aromatic N) is 4. The molecule has 138 valence electrons. The molecule has 3 amide bonds. The first kappa shape index (κ1) is 17.2. The largest absolute Gasteiger partial charge is 0.328 e. The summed E-state index contributed by atoms with van der Waals surface area (Å²) in [5.74, 6) is -0.130. The summed E-state index contributed by atoms with van der Waals surface area (Å²) in [6.07, 6.45) is 2.27. The Balaban J connectivity index is 1.59. The summed E-state index contributed by atoms with van der Waals surface area (Å²) in [5.41, 5.74) is 1.25. The van der Waals surface area contributed by atoms with Gasteiger partial charge in [0, 0.05) is 33.2 Å². The molecule has 0 aromatic heterocycles. The molecule has 7 nitrogen and oxygen atoms in total. The lowest BCUT2D eigenvalue weighted by molar-refractivity contribution is -0.139. The molecule has 0 aliphatic carbocycles. The van der Waals surface area contributed by atoms with E-state index in [2.05, 4.69) is 33.8 Å². The van der Waals surface area contributed by atoms with Crippen LogP contribution < -0.4 is 5.32 Å². The zero-order chi connectivity index (χ0) is 18.3. The van der Waals surface area contributed by atoms with Crippen molar-refractivity contribution in [1.82, 2.24) is 24.9 Å². The molecule has 0 saturated carbocycles. The molecular formula is C19H25N5O2. The van der Waals surface area contributed by atoms with E-state index in [0.717, 1.165) is 26.1 Å². The molecule has 1 aromatic carbocycles. The van der Waals surface area contributed by atoms with E-state index in [9.17, 15) is 9.59 Å². The highest BCUT2D eigenvalue weighted by Crippen LogP contribution is 2.31. The van der Waals surface area contributed by atoms with Crippen molar-refractivity contribution in [2.45, 2.75) is 31.5 Å². The first-order valence-corrected chi connectivity index (χ1v) is 9.10. The van der Waals surface area contributed by atoms with Gasteiger partial charge in [0.2, 0.25) is 0 Å². The number of carbonyl (C=O) groups excluding carboxylic acids is 2. The summed E-state index contributed by atoms with van der Waals surface area (Å²) in [7, 11) is 1.76. The molecule has 3 atom stereocenters. The molecule has 3 aliphatic heterocycles. The zero-order valence-corrected chi connectivity index (χ0v) is 15.0. The standard InChI is InChI=1S/C19H25N5O2/c1-3-10-24-17(25)15-16(21(2)19(24)26)20-18-22(11-7-12-23(15)18)13-14-8-5-4-6-9-14/h3-6,8-9,15-16,18,20H,1,7,10-13H2,2H3. The summed E-state index contributed by atoms with van der Waals surface area (Å²) in [4.78, 5) is 33.1. The molecule has 3 aliphatic rings. The van der Waals surface area contributed by atoms with E-state index in [1.807, 2.05) is 18.2 Å². The number of hydrogen-bond acceptors (Lipinski definition) is 5. The second-order valence-electron chi connectivity index (χ2n) is 7.11. The average molecular weight is 355 g/mol. The predicted octanol–water partition coefficient (Wildman–Crippen LogP) is 0.856. The van der Waals surface area contributed by atoms with E-state index in [1.54, 1.807) is 18.0 Å². The number of likely N-dealkylation sites (N-methyl/N-ethyl adjacent to an activating group) is 1. The van der Waals surface area contributed by atoms with Gasteiger partial charge in [-0.25, -0.2) is 4.79 Å². The van der Waals surface area contributed by atoms with Gasteiger partial charge in [0.15, 0.2) is 0 Å². The van der Waals surface area contributed by atoms with Gasteiger partial charge >= 0.3 is 6.03 Å². The van der Waals surface area contributed by atoms with Gasteiger partial charge in [-0.05, 0) is 12.0 Å². The van der Waals surface area contributed by atoms with Crippen molar-refractivity contribution in [3.63, 3.8) is 0 Å². The maximum atomic E-state index is 13.0. The van der Waals surface area contributed by atoms with E-state index in [1.165, 1.54) is 10.5 Å². The monoisotopic (exact) mass is 355 g/mol. The van der Waals surface area contributed by atoms with Crippen LogP contribution in [0.15, 0.2) is 43.0 Å². The van der Waals surface area contributed by atoms with Gasteiger partial charge in [0.05, 0.1) is 0 Å². The Bertz CT molecular complexity index is 709. The van der Waals surface area contributed by atoms with Crippen molar-refractivity contribution in [3.8, 4) is 0 Å². The van der Waals surface area contributed by atoms with E-state index in [0.29, 0.717) is 0 Å². The Morgan fingerprint density at radius 1 is 1.23 bits per heavy atom. The Kier molecular flexibility index (Phi) is 4.52. The number of nitrogens with one attached hydrogen (secondary N) is 1. The smallest absolute Gasteiger partial charge is 0.310 e. The van der Waals surface area contributed by atoms with Crippen molar-refractivity contribution in [1.29, 1.82) is 0 Å². The van der Waals surface area contributed by atoms with Crippen LogP contribution in [0.1, 0.15) is 12.0 Å². The minimum atomic E-state index is -0.346. The zero-order valence-electron chi connectivity index (χ0n) is 15.0. The number of benzene rings is 1. The molecule has 1 N–H and O–H groups in total. The van der Waals surface area contributed by atoms with E-state index < -0.39 is 0 Å². The highest BCUT2D eigenvalue weighted by Gasteiger charge is 2.55. The summed E-state index contributed by atoms with van der Waals surface area (Å²) < 4.78 is 0. The Morgan fingerprint density at radius 2 is 2.00 bits per heavy atom. The number of urea groups is 1. The number of amides is 3. The molecule has 26 heavy (non-hydrogen) atoms. The third-order valence-electron chi connectivity index (χ3n) is 5.51. The maximum Gasteiger partial charge on any atom is 0.328 e. The van der Waals surface area contributed by atoms with Crippen LogP contribution in [0.25, 0.3) is 0 Å². The third kappa shape index (κ3) is 2.72. The topological polar surface area (TPSA) is 59.1 Å². The molecule has 3 fully saturated rings. The minimum absolute atomic E-state index is 0.0400. The summed E-state index contributed by atoms with van der Waals surface area (Å²) >= 11 is 0. The molecule has 0 spiro atoms. The van der Waals surface area contributed by atoms with Crippen LogP contribution >= 0.6 is 0 Å². The van der Waals surface area contributed by atoms with Crippen LogP contribution in [0.2, 0.25) is 0 Å². The van der Waals surface area contributed by atoms with Crippen molar-refractivity contribution in [2.75, 3.05) is 26.7 Å². The van der Waals surface area contributed by atoms with Gasteiger partial charge in [-0.1, -0.05) is 36.4 Å². The van der Waals surface area contributed by atoms with Crippen LogP contribution in [0, 0.1) is 0 Å². The van der Waals surface area contributed by atoms with Crippen LogP contribution in [0.3, 0.4) is 0 Å². The van der Waals surface area contributed by atoms with Crippen LogP contribution in [-0.4, -0.2) is 76.7 Å². The second-order valence-corrected chi connectivity index (χ2v) is 7.11. The first-order valence-electron chi connectivity index (χ1n) is 9.10.